The predicted octanol–water partition coefficient (Wildman–Crippen LogP) is 4.77. The van der Waals surface area contributed by atoms with Crippen molar-refractivity contribution in [3.05, 3.63) is 0 Å². The Morgan fingerprint density at radius 3 is 1.70 bits per heavy atom. The third-order valence-electron chi connectivity index (χ3n) is 5.38. The molecule has 13 heteroatoms. The van der Waals surface area contributed by atoms with E-state index in [0.29, 0.717) is 19.8 Å². The summed E-state index contributed by atoms with van der Waals surface area (Å²) in [6.07, 6.45) is 6.86. The minimum absolute atomic E-state index is 0.121. The van der Waals surface area contributed by atoms with Gasteiger partial charge in [-0.05, 0) is 44.3 Å². The van der Waals surface area contributed by atoms with Crippen molar-refractivity contribution >= 4 is 101 Å². The second-order valence-corrected chi connectivity index (χ2v) is 45.9. The first kappa shape index (κ1) is 31.2. The fourth-order valence-electron chi connectivity index (χ4n) is 2.21. The fourth-order valence-corrected chi connectivity index (χ4v) is 4.28. The van der Waals surface area contributed by atoms with Crippen molar-refractivity contribution < 1.29 is 32.5 Å². The number of hydrogen-bond acceptors (Lipinski definition) is 8. The van der Waals surface area contributed by atoms with Crippen LogP contribution in [0.15, 0.2) is 0 Å². The van der Waals surface area contributed by atoms with Gasteiger partial charge in [0.1, 0.15) is 0 Å². The molecular formula is C17H30I3O6S3V. The molecule has 0 aromatic rings. The average molecular weight is 858 g/mol. The zero-order valence-electron chi connectivity index (χ0n) is 16.9. The maximum atomic E-state index is 10.5. The Bertz CT molecular complexity index is 540. The van der Waals surface area contributed by atoms with Crippen LogP contribution < -0.4 is 0 Å². The van der Waals surface area contributed by atoms with Crippen LogP contribution in [0.1, 0.15) is 45.4 Å². The molecule has 4 rings (SSSR count). The molecule has 30 heavy (non-hydrogen) atoms. The van der Waals surface area contributed by atoms with Gasteiger partial charge in [-0.1, -0.05) is 11.8 Å². The molecule has 0 aromatic heterocycles. The number of carbonyl (C=O) groups excluding carboxylic acids is 1. The number of halogens is 3. The van der Waals surface area contributed by atoms with E-state index in [-0.39, 0.29) is 32.9 Å². The van der Waals surface area contributed by atoms with Crippen molar-refractivity contribution in [2.24, 2.45) is 16.2 Å². The number of rotatable bonds is 5. The first-order valence-corrected chi connectivity index (χ1v) is 25.6. The summed E-state index contributed by atoms with van der Waals surface area (Å²) in [4.78, 5) is 10.2. The summed E-state index contributed by atoms with van der Waals surface area (Å²) < 4.78 is 20.1. The molecule has 1 heterocycles. The topological polar surface area (TPSA) is 93.1 Å². The molecule has 0 aromatic carbocycles. The molecule has 0 unspecified atom stereocenters. The molecule has 1 aliphatic heterocycles. The van der Waals surface area contributed by atoms with Crippen LogP contribution in [0.5, 0.6) is 0 Å². The normalized spacial score (nSPS) is 23.7. The van der Waals surface area contributed by atoms with Crippen LogP contribution in [0.25, 0.3) is 0 Å². The molecule has 3 saturated carbocycles. The van der Waals surface area contributed by atoms with Gasteiger partial charge in [0, 0.05) is 42.1 Å². The first-order chi connectivity index (χ1) is 14.1. The SMILES string of the molecule is CC(=O)SCC1(CO)CC1.O=S1OCC2(CC2)CO1.OCC1(CS)CC1.[I][V]([I])[I]. The first-order valence-electron chi connectivity index (χ1n) is 9.47. The summed E-state index contributed by atoms with van der Waals surface area (Å²) >= 11 is 11.4. The molecule has 4 fully saturated rings. The molecule has 0 radical (unpaired) electrons. The number of carbonyl (C=O) groups is 1. The van der Waals surface area contributed by atoms with Crippen molar-refractivity contribution in [1.82, 2.24) is 0 Å². The molecule has 3 aliphatic carbocycles. The number of aliphatic hydroxyl groups excluding tert-OH is 2. The third kappa shape index (κ3) is 13.9. The summed E-state index contributed by atoms with van der Waals surface area (Å²) in [5.74, 6) is 1.66. The number of aliphatic hydroxyl groups is 2. The van der Waals surface area contributed by atoms with Crippen LogP contribution in [0.3, 0.4) is 0 Å². The molecule has 0 bridgehead atoms. The van der Waals surface area contributed by atoms with Crippen LogP contribution in [-0.4, -0.2) is 57.5 Å². The van der Waals surface area contributed by atoms with E-state index in [0.717, 1.165) is 24.3 Å². The van der Waals surface area contributed by atoms with Crippen molar-refractivity contribution in [2.75, 3.05) is 37.9 Å². The summed E-state index contributed by atoms with van der Waals surface area (Å²) in [5.41, 5.74) is 0.646. The molecule has 1 saturated heterocycles. The van der Waals surface area contributed by atoms with E-state index in [1.165, 1.54) is 37.4 Å². The van der Waals surface area contributed by atoms with Gasteiger partial charge in [-0.3, -0.25) is 13.2 Å². The van der Waals surface area contributed by atoms with Crippen LogP contribution in [0.4, 0.5) is 0 Å². The Kier molecular flexibility index (Phi) is 15.9. The summed E-state index contributed by atoms with van der Waals surface area (Å²) in [6.45, 7) is 3.39. The van der Waals surface area contributed by atoms with Crippen molar-refractivity contribution in [3.8, 4) is 0 Å². The molecule has 178 valence electrons. The van der Waals surface area contributed by atoms with E-state index in [1.807, 2.05) is 0 Å². The number of thiol groups is 1. The summed E-state index contributed by atoms with van der Waals surface area (Å²) in [5, 5.41) is 17.6. The molecule has 0 atom stereocenters. The Morgan fingerprint density at radius 2 is 1.47 bits per heavy atom. The van der Waals surface area contributed by atoms with E-state index in [1.54, 1.807) is 6.92 Å². The van der Waals surface area contributed by atoms with Crippen molar-refractivity contribution in [1.29, 1.82) is 0 Å². The van der Waals surface area contributed by atoms with E-state index in [4.69, 9.17) is 18.6 Å². The molecule has 2 N–H and O–H groups in total. The summed E-state index contributed by atoms with van der Waals surface area (Å²) in [6, 6.07) is 0. The zero-order valence-corrected chi connectivity index (χ0v) is 27.3. The van der Waals surface area contributed by atoms with Gasteiger partial charge >= 0.3 is 76.2 Å². The quantitative estimate of drug-likeness (QED) is 0.271. The number of thioether (sulfide) groups is 1. The minimum atomic E-state index is -1.45. The average Bonchev–Trinajstić information content (AvgIpc) is 3.61. The second-order valence-electron chi connectivity index (χ2n) is 8.17. The Morgan fingerprint density at radius 1 is 1.03 bits per heavy atom. The van der Waals surface area contributed by atoms with Gasteiger partial charge in [0.05, 0.1) is 13.2 Å². The molecule has 6 nitrogen and oxygen atoms in total. The Balaban J connectivity index is 0.000000209. The van der Waals surface area contributed by atoms with Crippen LogP contribution in [0.2, 0.25) is 0 Å². The molecular weight excluding hydrogens is 828 g/mol. The number of hydrogen-bond donors (Lipinski definition) is 3. The van der Waals surface area contributed by atoms with Gasteiger partial charge in [-0.25, -0.2) is 0 Å². The monoisotopic (exact) mass is 858 g/mol. The second kappa shape index (κ2) is 15.3. The Hall–Kier alpha value is 3.13. The molecule has 4 aliphatic rings. The Labute approximate surface area is 229 Å². The van der Waals surface area contributed by atoms with Crippen LogP contribution in [-0.2, 0) is 29.4 Å². The van der Waals surface area contributed by atoms with Gasteiger partial charge in [-0.2, -0.15) is 16.8 Å². The maximum absolute atomic E-state index is 10.5. The standard InChI is InChI=1S/C7H12O2S.C5H8O3S.C5H10OS.3HI.V/c1-6(9)10-5-7(4-8)2-3-7;6-9-7-3-5(1-2-5)4-8-9;6-3-5(4-7)1-2-5;;;;/h8H,2-5H2,1H3;1-4H2;6-7H,1-4H2;3*1H;/q;;;;;;+3/p-3. The van der Waals surface area contributed by atoms with Crippen molar-refractivity contribution in [2.45, 2.75) is 45.4 Å². The van der Waals surface area contributed by atoms with Crippen molar-refractivity contribution in [3.63, 3.8) is 0 Å². The van der Waals surface area contributed by atoms with Gasteiger partial charge in [-0.15, -0.1) is 0 Å². The van der Waals surface area contributed by atoms with Gasteiger partial charge in [0.15, 0.2) is 5.12 Å². The summed E-state index contributed by atoms with van der Waals surface area (Å²) in [7, 11) is 0. The van der Waals surface area contributed by atoms with Gasteiger partial charge in [0.2, 0.25) is 0 Å². The van der Waals surface area contributed by atoms with Crippen LogP contribution in [0, 0.1) is 16.2 Å². The van der Waals surface area contributed by atoms with Gasteiger partial charge < -0.3 is 10.2 Å². The predicted molar refractivity (Wildman–Crippen MR) is 148 cm³/mol. The van der Waals surface area contributed by atoms with E-state index >= 15 is 0 Å². The van der Waals surface area contributed by atoms with Gasteiger partial charge in [0.25, 0.3) is 0 Å². The van der Waals surface area contributed by atoms with E-state index < -0.39 is 11.4 Å². The third-order valence-corrected chi connectivity index (χ3v) is 7.84. The molecule has 1 spiro atoms. The van der Waals surface area contributed by atoms with E-state index in [9.17, 15) is 9.00 Å². The van der Waals surface area contributed by atoms with E-state index in [2.05, 4.69) is 72.6 Å². The fraction of sp³-hybridized carbons (Fsp3) is 0.941. The van der Waals surface area contributed by atoms with Crippen LogP contribution >= 0.6 is 84.3 Å². The molecule has 0 amide bonds. The zero-order chi connectivity index (χ0) is 22.8.